The minimum Gasteiger partial charge on any atom is -0.387 e. The van der Waals surface area contributed by atoms with Crippen LogP contribution in [0.15, 0.2) is 0 Å². The number of piperidine rings is 1. The molecule has 0 unspecified atom stereocenters. The van der Waals surface area contributed by atoms with Gasteiger partial charge in [-0.25, -0.2) is 0 Å². The summed E-state index contributed by atoms with van der Waals surface area (Å²) >= 11 is 0. The molecule has 1 fully saturated rings. The lowest BCUT2D eigenvalue weighted by molar-refractivity contribution is 0.157. The van der Waals surface area contributed by atoms with Gasteiger partial charge < -0.3 is 11.1 Å². The van der Waals surface area contributed by atoms with E-state index in [-0.39, 0.29) is 17.0 Å². The lowest BCUT2D eigenvalue weighted by Crippen LogP contribution is -2.59. The molecule has 0 bridgehead atoms. The van der Waals surface area contributed by atoms with Crippen molar-refractivity contribution in [3.63, 3.8) is 0 Å². The number of hydrogen-bond donors (Lipinski definition) is 3. The van der Waals surface area contributed by atoms with Crippen LogP contribution in [0.3, 0.4) is 0 Å². The first-order valence-corrected chi connectivity index (χ1v) is 4.85. The van der Waals surface area contributed by atoms with Gasteiger partial charge in [-0.3, -0.25) is 5.41 Å². The summed E-state index contributed by atoms with van der Waals surface area (Å²) in [5.41, 5.74) is 5.76. The smallest absolute Gasteiger partial charge is 0.0938 e. The van der Waals surface area contributed by atoms with Gasteiger partial charge in [-0.15, -0.1) is 0 Å². The topological polar surface area (TPSA) is 61.9 Å². The zero-order chi connectivity index (χ0) is 10.3. The van der Waals surface area contributed by atoms with Gasteiger partial charge in [0.2, 0.25) is 0 Å². The van der Waals surface area contributed by atoms with Crippen LogP contribution in [-0.2, 0) is 0 Å². The van der Waals surface area contributed by atoms with Crippen LogP contribution < -0.4 is 11.1 Å². The Labute approximate surface area is 80.6 Å². The summed E-state index contributed by atoms with van der Waals surface area (Å²) in [5, 5.41) is 11.1. The quantitative estimate of drug-likeness (QED) is 0.426. The first-order valence-electron chi connectivity index (χ1n) is 4.85. The Balaban J connectivity index is 2.78. The number of hydrogen-bond acceptors (Lipinski definition) is 2. The maximum absolute atomic E-state index is 7.49. The van der Waals surface area contributed by atoms with E-state index in [4.69, 9.17) is 11.1 Å². The fraction of sp³-hybridized carbons (Fsp3) is 0.900. The molecule has 0 aromatic heterocycles. The molecule has 0 radical (unpaired) electrons. The molecule has 3 heteroatoms. The Morgan fingerprint density at radius 2 is 1.62 bits per heavy atom. The molecule has 0 aliphatic carbocycles. The van der Waals surface area contributed by atoms with Crippen molar-refractivity contribution in [2.45, 2.75) is 51.6 Å². The third kappa shape index (κ3) is 2.69. The minimum atomic E-state index is 0.0953. The van der Waals surface area contributed by atoms with Gasteiger partial charge in [-0.2, -0.15) is 0 Å². The largest absolute Gasteiger partial charge is 0.387 e. The summed E-state index contributed by atoms with van der Waals surface area (Å²) in [6, 6.07) is 0. The molecule has 0 aromatic carbocycles. The van der Waals surface area contributed by atoms with Crippen LogP contribution in [0.5, 0.6) is 0 Å². The molecular weight excluding hydrogens is 162 g/mol. The van der Waals surface area contributed by atoms with E-state index in [1.807, 2.05) is 0 Å². The summed E-state index contributed by atoms with van der Waals surface area (Å²) < 4.78 is 0. The summed E-state index contributed by atoms with van der Waals surface area (Å²) in [7, 11) is 0. The van der Waals surface area contributed by atoms with Crippen molar-refractivity contribution in [2.75, 3.05) is 0 Å². The predicted molar refractivity (Wildman–Crippen MR) is 55.9 cm³/mol. The Hall–Kier alpha value is -0.570. The third-order valence-electron chi connectivity index (χ3n) is 2.63. The molecule has 1 rings (SSSR count). The highest BCUT2D eigenvalue weighted by Crippen LogP contribution is 2.32. The lowest BCUT2D eigenvalue weighted by atomic mass is 9.75. The van der Waals surface area contributed by atoms with Crippen molar-refractivity contribution < 1.29 is 0 Å². The lowest BCUT2D eigenvalue weighted by Gasteiger charge is -2.46. The molecule has 0 atom stereocenters. The van der Waals surface area contributed by atoms with Crippen LogP contribution in [-0.4, -0.2) is 16.9 Å². The van der Waals surface area contributed by atoms with Gasteiger partial charge in [0.25, 0.3) is 0 Å². The predicted octanol–water partition coefficient (Wildman–Crippen LogP) is 1.48. The molecule has 0 amide bonds. The van der Waals surface area contributed by atoms with E-state index in [1.165, 1.54) is 0 Å². The highest BCUT2D eigenvalue weighted by molar-refractivity contribution is 5.80. The standard InChI is InChI=1S/C10H21N3/c1-9(2)5-7(8(11)12)6-10(3,4)13-9/h7,13H,5-6H2,1-4H3,(H3,11,12). The van der Waals surface area contributed by atoms with Crippen LogP contribution in [0.2, 0.25) is 0 Å². The summed E-state index contributed by atoms with van der Waals surface area (Å²) in [4.78, 5) is 0. The number of rotatable bonds is 1. The Morgan fingerprint density at radius 3 is 1.92 bits per heavy atom. The number of nitrogens with one attached hydrogen (secondary N) is 2. The second-order valence-corrected chi connectivity index (χ2v) is 5.45. The van der Waals surface area contributed by atoms with Crippen molar-refractivity contribution >= 4 is 5.84 Å². The molecule has 76 valence electrons. The zero-order valence-electron chi connectivity index (χ0n) is 9.07. The molecule has 0 spiro atoms. The van der Waals surface area contributed by atoms with Crippen LogP contribution in [0.25, 0.3) is 0 Å². The van der Waals surface area contributed by atoms with Crippen LogP contribution in [0, 0.1) is 11.3 Å². The van der Waals surface area contributed by atoms with E-state index in [2.05, 4.69) is 33.0 Å². The normalized spacial score (nSPS) is 27.1. The average Bonchev–Trinajstić information content (AvgIpc) is 1.79. The fourth-order valence-electron chi connectivity index (χ4n) is 2.54. The van der Waals surface area contributed by atoms with Gasteiger partial charge in [0.1, 0.15) is 0 Å². The molecule has 1 heterocycles. The van der Waals surface area contributed by atoms with Crippen molar-refractivity contribution in [2.24, 2.45) is 11.7 Å². The summed E-state index contributed by atoms with van der Waals surface area (Å²) in [5.74, 6) is 0.578. The first-order chi connectivity index (χ1) is 5.72. The van der Waals surface area contributed by atoms with Gasteiger partial charge in [0.05, 0.1) is 5.84 Å². The maximum atomic E-state index is 7.49. The summed E-state index contributed by atoms with van der Waals surface area (Å²) in [6.45, 7) is 8.68. The Kier molecular flexibility index (Phi) is 2.41. The highest BCUT2D eigenvalue weighted by atomic mass is 15.1. The monoisotopic (exact) mass is 183 g/mol. The van der Waals surface area contributed by atoms with Crippen LogP contribution in [0.4, 0.5) is 0 Å². The maximum Gasteiger partial charge on any atom is 0.0938 e. The second-order valence-electron chi connectivity index (χ2n) is 5.45. The molecule has 1 aliphatic heterocycles. The van der Waals surface area contributed by atoms with Crippen molar-refractivity contribution in [1.82, 2.24) is 5.32 Å². The Morgan fingerprint density at radius 1 is 1.23 bits per heavy atom. The van der Waals surface area contributed by atoms with E-state index in [9.17, 15) is 0 Å². The van der Waals surface area contributed by atoms with Gasteiger partial charge in [0.15, 0.2) is 0 Å². The van der Waals surface area contributed by atoms with E-state index < -0.39 is 0 Å². The molecule has 0 aromatic rings. The van der Waals surface area contributed by atoms with Crippen LogP contribution in [0.1, 0.15) is 40.5 Å². The summed E-state index contributed by atoms with van der Waals surface area (Å²) in [6.07, 6.45) is 1.93. The number of amidine groups is 1. The van der Waals surface area contributed by atoms with Gasteiger partial charge in [-0.05, 0) is 40.5 Å². The molecule has 1 aliphatic rings. The molecule has 13 heavy (non-hydrogen) atoms. The van der Waals surface area contributed by atoms with E-state index in [0.29, 0.717) is 5.84 Å². The average molecular weight is 183 g/mol. The fourth-order valence-corrected chi connectivity index (χ4v) is 2.54. The van der Waals surface area contributed by atoms with Crippen molar-refractivity contribution in [3.8, 4) is 0 Å². The van der Waals surface area contributed by atoms with Crippen molar-refractivity contribution in [3.05, 3.63) is 0 Å². The van der Waals surface area contributed by atoms with Crippen molar-refractivity contribution in [1.29, 1.82) is 5.41 Å². The van der Waals surface area contributed by atoms with E-state index in [0.717, 1.165) is 12.8 Å². The first kappa shape index (κ1) is 10.5. The van der Waals surface area contributed by atoms with Gasteiger partial charge in [-0.1, -0.05) is 0 Å². The Bertz CT molecular complexity index is 202. The van der Waals surface area contributed by atoms with Gasteiger partial charge >= 0.3 is 0 Å². The molecular formula is C10H21N3. The molecule has 4 N–H and O–H groups in total. The molecule has 1 saturated heterocycles. The highest BCUT2D eigenvalue weighted by Gasteiger charge is 2.38. The zero-order valence-corrected chi connectivity index (χ0v) is 9.07. The van der Waals surface area contributed by atoms with Gasteiger partial charge in [0, 0.05) is 17.0 Å². The number of nitrogens with two attached hydrogens (primary N) is 1. The molecule has 3 nitrogen and oxygen atoms in total. The minimum absolute atomic E-state index is 0.0953. The third-order valence-corrected chi connectivity index (χ3v) is 2.63. The SMILES string of the molecule is CC1(C)CC(C(=N)N)CC(C)(C)N1. The van der Waals surface area contributed by atoms with E-state index in [1.54, 1.807) is 0 Å². The second kappa shape index (κ2) is 2.98. The molecule has 0 saturated carbocycles. The van der Waals surface area contributed by atoms with E-state index >= 15 is 0 Å². The van der Waals surface area contributed by atoms with Crippen LogP contribution >= 0.6 is 0 Å².